The number of fused-ring (bicyclic) bond motifs is 3. The average Bonchev–Trinajstić information content (AvgIpc) is 3.22. The molecule has 5 rings (SSSR count). The number of benzene rings is 1. The van der Waals surface area contributed by atoms with Crippen LogP contribution in [-0.4, -0.2) is 78.0 Å². The lowest BCUT2D eigenvalue weighted by Crippen LogP contribution is -2.48. The Bertz CT molecular complexity index is 1010. The number of rotatable bonds is 5. The van der Waals surface area contributed by atoms with Crippen molar-refractivity contribution >= 4 is 17.5 Å². The molecule has 2 saturated heterocycles. The molecule has 1 aromatic heterocycles. The highest BCUT2D eigenvalue weighted by molar-refractivity contribution is 6.04. The number of aliphatic hydroxyl groups is 1. The van der Waals surface area contributed by atoms with Crippen LogP contribution in [0.25, 0.3) is 0 Å². The van der Waals surface area contributed by atoms with Gasteiger partial charge in [-0.3, -0.25) is 14.6 Å². The second-order valence-corrected chi connectivity index (χ2v) is 8.55. The molecule has 0 radical (unpaired) electrons. The van der Waals surface area contributed by atoms with E-state index in [-0.39, 0.29) is 43.0 Å². The zero-order chi connectivity index (χ0) is 22.8. The number of amides is 2. The predicted octanol–water partition coefficient (Wildman–Crippen LogP) is 1.58. The third-order valence-electron chi connectivity index (χ3n) is 6.45. The van der Waals surface area contributed by atoms with Crippen molar-refractivity contribution in [2.75, 3.05) is 38.2 Å². The maximum Gasteiger partial charge on any atom is 0.257 e. The monoisotopic (exact) mass is 453 g/mol. The molecule has 2 N–H and O–H groups in total. The highest BCUT2D eigenvalue weighted by Crippen LogP contribution is 2.47. The summed E-state index contributed by atoms with van der Waals surface area (Å²) in [6, 6.07) is 8.95. The largest absolute Gasteiger partial charge is 0.487 e. The fraction of sp³-hybridized carbons (Fsp3) is 0.458. The molecule has 0 spiro atoms. The number of anilines is 1. The maximum atomic E-state index is 12.8. The number of nitrogens with zero attached hydrogens (tertiary/aromatic N) is 2. The number of aliphatic hydroxyl groups excluding tert-OH is 1. The molecule has 33 heavy (non-hydrogen) atoms. The van der Waals surface area contributed by atoms with Crippen molar-refractivity contribution in [1.29, 1.82) is 0 Å². The Morgan fingerprint density at radius 2 is 2.06 bits per heavy atom. The van der Waals surface area contributed by atoms with Gasteiger partial charge in [0.05, 0.1) is 37.9 Å². The van der Waals surface area contributed by atoms with Crippen LogP contribution >= 0.6 is 0 Å². The minimum Gasteiger partial charge on any atom is -0.487 e. The molecule has 2 amide bonds. The van der Waals surface area contributed by atoms with Gasteiger partial charge in [0.2, 0.25) is 5.91 Å². The molecule has 2 aromatic rings. The van der Waals surface area contributed by atoms with Gasteiger partial charge in [0.25, 0.3) is 5.91 Å². The number of nitrogens with one attached hydrogen (secondary N) is 1. The quantitative estimate of drug-likeness (QED) is 0.707. The van der Waals surface area contributed by atoms with Gasteiger partial charge in [0.15, 0.2) is 0 Å². The van der Waals surface area contributed by atoms with Gasteiger partial charge in [0, 0.05) is 42.7 Å². The predicted molar refractivity (Wildman–Crippen MR) is 118 cm³/mol. The highest BCUT2D eigenvalue weighted by Gasteiger charge is 2.46. The maximum absolute atomic E-state index is 12.8. The smallest absolute Gasteiger partial charge is 0.257 e. The molecule has 3 aliphatic rings. The zero-order valence-corrected chi connectivity index (χ0v) is 18.2. The summed E-state index contributed by atoms with van der Waals surface area (Å²) in [6.07, 6.45) is 2.82. The normalized spacial score (nSPS) is 26.2. The van der Waals surface area contributed by atoms with E-state index in [1.165, 1.54) is 6.20 Å². The molecular weight excluding hydrogens is 426 g/mol. The number of ether oxygens (including phenoxy) is 3. The van der Waals surface area contributed by atoms with E-state index in [9.17, 15) is 14.7 Å². The highest BCUT2D eigenvalue weighted by atomic mass is 16.6. The lowest BCUT2D eigenvalue weighted by molar-refractivity contribution is -0.151. The number of morpholine rings is 1. The molecule has 0 aliphatic carbocycles. The Morgan fingerprint density at radius 3 is 2.82 bits per heavy atom. The number of hydrogen-bond donors (Lipinski definition) is 2. The molecule has 4 heterocycles. The Labute approximate surface area is 191 Å². The first-order valence-electron chi connectivity index (χ1n) is 11.3. The lowest BCUT2D eigenvalue weighted by atomic mass is 9.84. The third kappa shape index (κ3) is 4.57. The van der Waals surface area contributed by atoms with Crippen LogP contribution in [0.3, 0.4) is 0 Å². The molecular formula is C24H27N3O6. The number of carbonyl (C=O) groups is 2. The van der Waals surface area contributed by atoms with Crippen molar-refractivity contribution in [2.24, 2.45) is 0 Å². The summed E-state index contributed by atoms with van der Waals surface area (Å²) in [5.74, 6) is 0.470. The van der Waals surface area contributed by atoms with Gasteiger partial charge in [-0.25, -0.2) is 0 Å². The second kappa shape index (κ2) is 9.46. The summed E-state index contributed by atoms with van der Waals surface area (Å²) in [4.78, 5) is 31.1. The van der Waals surface area contributed by atoms with E-state index < -0.39 is 6.10 Å². The van der Waals surface area contributed by atoms with E-state index in [4.69, 9.17) is 14.2 Å². The number of aromatic nitrogens is 1. The third-order valence-corrected chi connectivity index (χ3v) is 6.45. The lowest BCUT2D eigenvalue weighted by Gasteiger charge is -2.38. The van der Waals surface area contributed by atoms with Crippen molar-refractivity contribution in [1.82, 2.24) is 9.88 Å². The molecule has 3 aliphatic heterocycles. The Balaban J connectivity index is 1.31. The van der Waals surface area contributed by atoms with E-state index in [2.05, 4.69) is 10.3 Å². The molecule has 9 nitrogen and oxygen atoms in total. The van der Waals surface area contributed by atoms with Crippen molar-refractivity contribution in [2.45, 2.75) is 37.1 Å². The van der Waals surface area contributed by atoms with Gasteiger partial charge in [-0.05, 0) is 36.8 Å². The van der Waals surface area contributed by atoms with Crippen LogP contribution in [0.1, 0.15) is 34.7 Å². The molecule has 2 fully saturated rings. The first kappa shape index (κ1) is 21.8. The van der Waals surface area contributed by atoms with E-state index in [1.54, 1.807) is 29.3 Å². The van der Waals surface area contributed by atoms with Crippen LogP contribution < -0.4 is 10.1 Å². The first-order chi connectivity index (χ1) is 16.1. The van der Waals surface area contributed by atoms with Crippen LogP contribution in [0, 0.1) is 0 Å². The van der Waals surface area contributed by atoms with Crippen molar-refractivity contribution in [3.05, 3.63) is 53.9 Å². The fourth-order valence-corrected chi connectivity index (χ4v) is 4.80. The van der Waals surface area contributed by atoms with E-state index >= 15 is 0 Å². The topological polar surface area (TPSA) is 110 Å². The van der Waals surface area contributed by atoms with Gasteiger partial charge in [-0.15, -0.1) is 0 Å². The summed E-state index contributed by atoms with van der Waals surface area (Å²) >= 11 is 0. The number of carbonyl (C=O) groups excluding carboxylic acids is 2. The van der Waals surface area contributed by atoms with E-state index in [0.29, 0.717) is 49.7 Å². The minimum absolute atomic E-state index is 0.0371. The Kier molecular flexibility index (Phi) is 6.26. The minimum atomic E-state index is -0.521. The van der Waals surface area contributed by atoms with Crippen molar-refractivity contribution in [3.63, 3.8) is 0 Å². The Morgan fingerprint density at radius 1 is 1.21 bits per heavy atom. The number of pyridine rings is 1. The van der Waals surface area contributed by atoms with Gasteiger partial charge in [-0.2, -0.15) is 0 Å². The fourth-order valence-electron chi connectivity index (χ4n) is 4.80. The van der Waals surface area contributed by atoms with E-state index in [1.807, 2.05) is 12.1 Å². The summed E-state index contributed by atoms with van der Waals surface area (Å²) in [5.41, 5.74) is 2.08. The van der Waals surface area contributed by atoms with Gasteiger partial charge >= 0.3 is 0 Å². The van der Waals surface area contributed by atoms with Crippen LogP contribution in [0.2, 0.25) is 0 Å². The molecule has 0 saturated carbocycles. The van der Waals surface area contributed by atoms with Crippen LogP contribution in [0.4, 0.5) is 5.69 Å². The summed E-state index contributed by atoms with van der Waals surface area (Å²) in [5, 5.41) is 12.8. The van der Waals surface area contributed by atoms with Gasteiger partial charge in [-0.1, -0.05) is 0 Å². The first-order valence-corrected chi connectivity index (χ1v) is 11.3. The van der Waals surface area contributed by atoms with Crippen LogP contribution in [-0.2, 0) is 14.3 Å². The SMILES string of the molecule is O=C(Nc1ccc2c(c1)[C@H]1C[C@H](CC(=O)N3CCOCC3)O[C@@H](CO)[C@H]1O2)c1cccnc1. The summed E-state index contributed by atoms with van der Waals surface area (Å²) < 4.78 is 17.5. The van der Waals surface area contributed by atoms with Crippen molar-refractivity contribution < 1.29 is 28.9 Å². The van der Waals surface area contributed by atoms with Crippen LogP contribution in [0.15, 0.2) is 42.7 Å². The molecule has 0 unspecified atom stereocenters. The van der Waals surface area contributed by atoms with Gasteiger partial charge < -0.3 is 29.5 Å². The Hall–Kier alpha value is -3.01. The summed E-state index contributed by atoms with van der Waals surface area (Å²) in [7, 11) is 0. The van der Waals surface area contributed by atoms with Crippen molar-refractivity contribution in [3.8, 4) is 5.75 Å². The zero-order valence-electron chi connectivity index (χ0n) is 18.2. The van der Waals surface area contributed by atoms with Crippen LogP contribution in [0.5, 0.6) is 5.75 Å². The van der Waals surface area contributed by atoms with Gasteiger partial charge in [0.1, 0.15) is 18.0 Å². The summed E-state index contributed by atoms with van der Waals surface area (Å²) in [6.45, 7) is 2.09. The molecule has 0 bridgehead atoms. The molecule has 4 atom stereocenters. The molecule has 174 valence electrons. The average molecular weight is 453 g/mol. The molecule has 9 heteroatoms. The second-order valence-electron chi connectivity index (χ2n) is 8.55. The van der Waals surface area contributed by atoms with E-state index in [0.717, 1.165) is 5.56 Å². The molecule has 1 aromatic carbocycles. The standard InChI is InChI=1S/C24H27N3O6/c28-14-21-23-19(11-17(32-21)12-22(29)27-6-8-31-9-7-27)18-10-16(3-4-20(18)33-23)26-24(30)15-2-1-5-25-13-15/h1-5,10,13,17,19,21,23,28H,6-9,11-12,14H2,(H,26,30)/t17-,19-,21+,23+/m1/s1. The number of hydrogen-bond acceptors (Lipinski definition) is 7.